The molecule has 0 N–H and O–H groups in total. The Hall–Kier alpha value is -1.81. The van der Waals surface area contributed by atoms with Crippen molar-refractivity contribution in [3.63, 3.8) is 0 Å². The van der Waals surface area contributed by atoms with E-state index in [1.54, 1.807) is 12.1 Å². The Morgan fingerprint density at radius 3 is 2.67 bits per heavy atom. The molecule has 1 rings (SSSR count). The summed E-state index contributed by atoms with van der Waals surface area (Å²) in [5, 5.41) is 0. The number of ether oxygens (including phenoxy) is 1. The SMILES string of the molecule is C=CC(=O)OCCOOc1ccccc1. The van der Waals surface area contributed by atoms with E-state index in [0.717, 1.165) is 6.08 Å². The Bertz CT molecular complexity index is 308. The molecule has 0 spiro atoms. The Balaban J connectivity index is 2.07. The molecular formula is C11H12O4. The lowest BCUT2D eigenvalue weighted by molar-refractivity contribution is -0.214. The van der Waals surface area contributed by atoms with Crippen molar-refractivity contribution in [3.05, 3.63) is 43.0 Å². The molecule has 0 radical (unpaired) electrons. The van der Waals surface area contributed by atoms with Crippen LogP contribution in [0.3, 0.4) is 0 Å². The first-order valence-electron chi connectivity index (χ1n) is 4.46. The molecule has 0 aromatic heterocycles. The molecule has 0 saturated carbocycles. The van der Waals surface area contributed by atoms with E-state index in [9.17, 15) is 4.79 Å². The highest BCUT2D eigenvalue weighted by atomic mass is 17.2. The Morgan fingerprint density at radius 2 is 2.00 bits per heavy atom. The van der Waals surface area contributed by atoms with Crippen LogP contribution in [0, 0.1) is 0 Å². The maximum atomic E-state index is 10.6. The van der Waals surface area contributed by atoms with E-state index in [-0.39, 0.29) is 13.2 Å². The van der Waals surface area contributed by atoms with Crippen molar-refractivity contribution in [3.8, 4) is 5.75 Å². The number of benzene rings is 1. The van der Waals surface area contributed by atoms with Crippen molar-refractivity contribution in [2.45, 2.75) is 0 Å². The van der Waals surface area contributed by atoms with Crippen LogP contribution in [-0.4, -0.2) is 19.2 Å². The summed E-state index contributed by atoms with van der Waals surface area (Å²) >= 11 is 0. The first-order chi connectivity index (χ1) is 7.33. The number of esters is 1. The highest BCUT2D eigenvalue weighted by molar-refractivity contribution is 5.81. The summed E-state index contributed by atoms with van der Waals surface area (Å²) in [7, 11) is 0. The molecule has 0 heterocycles. The third-order valence-electron chi connectivity index (χ3n) is 1.48. The van der Waals surface area contributed by atoms with Crippen molar-refractivity contribution < 1.29 is 19.3 Å². The lowest BCUT2D eigenvalue weighted by atomic mass is 10.3. The summed E-state index contributed by atoms with van der Waals surface area (Å²) in [4.78, 5) is 20.3. The van der Waals surface area contributed by atoms with Gasteiger partial charge in [-0.25, -0.2) is 4.79 Å². The minimum absolute atomic E-state index is 0.137. The highest BCUT2D eigenvalue weighted by Crippen LogP contribution is 2.07. The van der Waals surface area contributed by atoms with E-state index >= 15 is 0 Å². The summed E-state index contributed by atoms with van der Waals surface area (Å²) in [6.45, 7) is 3.57. The summed E-state index contributed by atoms with van der Waals surface area (Å²) in [5.41, 5.74) is 0. The van der Waals surface area contributed by atoms with Gasteiger partial charge in [0, 0.05) is 6.08 Å². The zero-order valence-electron chi connectivity index (χ0n) is 8.22. The van der Waals surface area contributed by atoms with Crippen LogP contribution < -0.4 is 4.89 Å². The molecule has 0 fully saturated rings. The lowest BCUT2D eigenvalue weighted by Gasteiger charge is -2.04. The molecule has 0 amide bonds. The van der Waals surface area contributed by atoms with Crippen molar-refractivity contribution >= 4 is 5.97 Å². The minimum atomic E-state index is -0.474. The molecule has 4 heteroatoms. The molecule has 1 aromatic carbocycles. The average molecular weight is 208 g/mol. The summed E-state index contributed by atoms with van der Waals surface area (Å²) in [6.07, 6.45) is 1.10. The van der Waals surface area contributed by atoms with Crippen molar-refractivity contribution in [1.82, 2.24) is 0 Å². The van der Waals surface area contributed by atoms with Crippen LogP contribution in [0.1, 0.15) is 0 Å². The molecule has 0 unspecified atom stereocenters. The molecule has 0 bridgehead atoms. The number of carbonyl (C=O) groups excluding carboxylic acids is 1. The van der Waals surface area contributed by atoms with Crippen molar-refractivity contribution in [2.75, 3.05) is 13.2 Å². The summed E-state index contributed by atoms with van der Waals surface area (Å²) in [5.74, 6) is 0.130. The van der Waals surface area contributed by atoms with Gasteiger partial charge in [-0.2, -0.15) is 4.89 Å². The normalized spacial score (nSPS) is 9.33. The van der Waals surface area contributed by atoms with Crippen molar-refractivity contribution in [2.24, 2.45) is 0 Å². The van der Waals surface area contributed by atoms with E-state index in [1.165, 1.54) is 0 Å². The topological polar surface area (TPSA) is 44.8 Å². The van der Waals surface area contributed by atoms with Gasteiger partial charge in [-0.05, 0) is 12.1 Å². The molecule has 0 aliphatic heterocycles. The standard InChI is InChI=1S/C11H12O4/c1-2-11(12)13-8-9-14-15-10-6-4-3-5-7-10/h2-7H,1,8-9H2. The van der Waals surface area contributed by atoms with Gasteiger partial charge < -0.3 is 9.62 Å². The third kappa shape index (κ3) is 4.83. The largest absolute Gasteiger partial charge is 0.460 e. The monoisotopic (exact) mass is 208 g/mol. The van der Waals surface area contributed by atoms with Gasteiger partial charge in [0.1, 0.15) is 13.2 Å². The van der Waals surface area contributed by atoms with Crippen LogP contribution in [-0.2, 0) is 14.4 Å². The molecule has 0 atom stereocenters. The predicted molar refractivity (Wildman–Crippen MR) is 54.2 cm³/mol. The minimum Gasteiger partial charge on any atom is -0.460 e. The predicted octanol–water partition coefficient (Wildman–Crippen LogP) is 1.73. The molecule has 0 aliphatic rings. The Morgan fingerprint density at radius 1 is 1.27 bits per heavy atom. The van der Waals surface area contributed by atoms with Gasteiger partial charge in [0.05, 0.1) is 0 Å². The van der Waals surface area contributed by atoms with E-state index in [1.807, 2.05) is 18.2 Å². The fourth-order valence-corrected chi connectivity index (χ4v) is 0.821. The fourth-order valence-electron chi connectivity index (χ4n) is 0.821. The number of hydrogen-bond donors (Lipinski definition) is 0. The maximum absolute atomic E-state index is 10.6. The fraction of sp³-hybridized carbons (Fsp3) is 0.182. The van der Waals surface area contributed by atoms with Crippen molar-refractivity contribution in [1.29, 1.82) is 0 Å². The molecular weight excluding hydrogens is 196 g/mol. The summed E-state index contributed by atoms with van der Waals surface area (Å²) < 4.78 is 4.67. The smallest absolute Gasteiger partial charge is 0.330 e. The van der Waals surface area contributed by atoms with Gasteiger partial charge in [-0.1, -0.05) is 24.8 Å². The second-order valence-electron chi connectivity index (χ2n) is 2.59. The maximum Gasteiger partial charge on any atom is 0.330 e. The van der Waals surface area contributed by atoms with Gasteiger partial charge in [0.2, 0.25) is 0 Å². The Labute approximate surface area is 88.0 Å². The highest BCUT2D eigenvalue weighted by Gasteiger charge is 1.96. The molecule has 15 heavy (non-hydrogen) atoms. The van der Waals surface area contributed by atoms with Gasteiger partial charge in [0.25, 0.3) is 0 Å². The first kappa shape index (κ1) is 11.3. The number of carbonyl (C=O) groups is 1. The quantitative estimate of drug-likeness (QED) is 0.235. The van der Waals surface area contributed by atoms with E-state index < -0.39 is 5.97 Å². The van der Waals surface area contributed by atoms with Crippen LogP contribution in [0.25, 0.3) is 0 Å². The molecule has 4 nitrogen and oxygen atoms in total. The van der Waals surface area contributed by atoms with Crippen LogP contribution in [0.4, 0.5) is 0 Å². The number of rotatable bonds is 6. The summed E-state index contributed by atoms with van der Waals surface area (Å²) in [6, 6.07) is 9.05. The zero-order valence-corrected chi connectivity index (χ0v) is 8.22. The number of para-hydroxylation sites is 1. The number of hydrogen-bond acceptors (Lipinski definition) is 4. The average Bonchev–Trinajstić information content (AvgIpc) is 2.29. The van der Waals surface area contributed by atoms with Gasteiger partial charge in [-0.3, -0.25) is 0 Å². The van der Waals surface area contributed by atoms with Gasteiger partial charge in [-0.15, -0.1) is 0 Å². The van der Waals surface area contributed by atoms with Gasteiger partial charge in [0.15, 0.2) is 5.75 Å². The molecule has 1 aromatic rings. The molecule has 0 saturated heterocycles. The zero-order chi connectivity index (χ0) is 10.9. The van der Waals surface area contributed by atoms with Crippen LogP contribution >= 0.6 is 0 Å². The van der Waals surface area contributed by atoms with E-state index in [2.05, 4.69) is 11.3 Å². The van der Waals surface area contributed by atoms with Crippen LogP contribution in [0.2, 0.25) is 0 Å². The van der Waals surface area contributed by atoms with Crippen LogP contribution in [0.15, 0.2) is 43.0 Å². The van der Waals surface area contributed by atoms with E-state index in [0.29, 0.717) is 5.75 Å². The van der Waals surface area contributed by atoms with Crippen LogP contribution in [0.5, 0.6) is 5.75 Å². The van der Waals surface area contributed by atoms with E-state index in [4.69, 9.17) is 9.78 Å². The lowest BCUT2D eigenvalue weighted by Crippen LogP contribution is -2.09. The second kappa shape index (κ2) is 6.62. The first-order valence-corrected chi connectivity index (χ1v) is 4.46. The molecule has 0 aliphatic carbocycles. The third-order valence-corrected chi connectivity index (χ3v) is 1.48. The second-order valence-corrected chi connectivity index (χ2v) is 2.59. The van der Waals surface area contributed by atoms with Gasteiger partial charge >= 0.3 is 5.97 Å². The Kier molecular flexibility index (Phi) is 4.97. The molecule has 80 valence electrons.